The summed E-state index contributed by atoms with van der Waals surface area (Å²) in [6, 6.07) is 18.3. The Morgan fingerprint density at radius 3 is 2.28 bits per heavy atom. The maximum absolute atomic E-state index is 13.1. The second kappa shape index (κ2) is 8.82. The van der Waals surface area contributed by atoms with Gasteiger partial charge < -0.3 is 4.90 Å². The van der Waals surface area contributed by atoms with Crippen molar-refractivity contribution < 1.29 is 4.79 Å². The van der Waals surface area contributed by atoms with Crippen molar-refractivity contribution in [3.63, 3.8) is 0 Å². The molecule has 1 amide bonds. The maximum atomic E-state index is 13.1. The van der Waals surface area contributed by atoms with E-state index in [9.17, 15) is 4.79 Å². The molecule has 1 heterocycles. The Kier molecular flexibility index (Phi) is 6.42. The number of aryl methyl sites for hydroxylation is 2. The lowest BCUT2D eigenvalue weighted by atomic mass is 10.0. The van der Waals surface area contributed by atoms with Crippen molar-refractivity contribution in [1.29, 1.82) is 0 Å². The monoisotopic (exact) mass is 408 g/mol. The van der Waals surface area contributed by atoms with Gasteiger partial charge >= 0.3 is 0 Å². The van der Waals surface area contributed by atoms with Gasteiger partial charge in [0.2, 0.25) is 5.91 Å². The predicted molar refractivity (Wildman–Crippen MR) is 118 cm³/mol. The molecule has 0 aliphatic carbocycles. The highest BCUT2D eigenvalue weighted by atomic mass is 32.2. The van der Waals surface area contributed by atoms with Crippen molar-refractivity contribution in [2.24, 2.45) is 0 Å². The minimum absolute atomic E-state index is 0.0856. The second-order valence-electron chi connectivity index (χ2n) is 8.13. The Bertz CT molecular complexity index is 959. The van der Waals surface area contributed by atoms with Crippen molar-refractivity contribution in [3.8, 4) is 5.69 Å². The fourth-order valence-corrected chi connectivity index (χ4v) is 3.97. The van der Waals surface area contributed by atoms with E-state index >= 15 is 0 Å². The van der Waals surface area contributed by atoms with Crippen molar-refractivity contribution in [2.45, 2.75) is 51.9 Å². The SMILES string of the molecule is Cc1ccc(-n2c(C)nnc2SCC(=O)N(Cc2ccccc2)C(C)(C)C)cc1. The van der Waals surface area contributed by atoms with E-state index in [4.69, 9.17) is 0 Å². The van der Waals surface area contributed by atoms with Crippen molar-refractivity contribution in [2.75, 3.05) is 5.75 Å². The number of carbonyl (C=O) groups is 1. The Balaban J connectivity index is 1.76. The molecule has 0 aliphatic rings. The van der Waals surface area contributed by atoms with Crippen LogP contribution in [0.25, 0.3) is 5.69 Å². The van der Waals surface area contributed by atoms with Crippen LogP contribution >= 0.6 is 11.8 Å². The molecule has 1 aromatic heterocycles. The molecule has 3 aromatic rings. The van der Waals surface area contributed by atoms with Crippen molar-refractivity contribution >= 4 is 17.7 Å². The topological polar surface area (TPSA) is 51.0 Å². The van der Waals surface area contributed by atoms with Crippen molar-refractivity contribution in [3.05, 3.63) is 71.5 Å². The van der Waals surface area contributed by atoms with E-state index in [0.717, 1.165) is 22.2 Å². The van der Waals surface area contributed by atoms with E-state index in [1.165, 1.54) is 17.3 Å². The average Bonchev–Trinajstić information content (AvgIpc) is 3.05. The standard InChI is InChI=1S/C23H28N4OS/c1-17-11-13-20(14-12-17)27-18(2)24-25-22(27)29-16-21(28)26(23(3,4)5)15-19-9-7-6-8-10-19/h6-14H,15-16H2,1-5H3. The fraction of sp³-hybridized carbons (Fsp3) is 0.348. The van der Waals surface area contributed by atoms with Gasteiger partial charge in [-0.25, -0.2) is 0 Å². The molecule has 152 valence electrons. The Hall–Kier alpha value is -2.60. The number of benzene rings is 2. The summed E-state index contributed by atoms with van der Waals surface area (Å²) in [5.74, 6) is 1.21. The van der Waals surface area contributed by atoms with Gasteiger partial charge in [0.25, 0.3) is 0 Å². The van der Waals surface area contributed by atoms with Gasteiger partial charge in [0, 0.05) is 17.8 Å². The quantitative estimate of drug-likeness (QED) is 0.550. The maximum Gasteiger partial charge on any atom is 0.233 e. The molecule has 3 rings (SSSR count). The molecule has 0 bridgehead atoms. The summed E-state index contributed by atoms with van der Waals surface area (Å²) in [6.45, 7) is 10.8. The largest absolute Gasteiger partial charge is 0.333 e. The average molecular weight is 409 g/mol. The summed E-state index contributed by atoms with van der Waals surface area (Å²) in [5, 5.41) is 9.25. The van der Waals surface area contributed by atoms with Crippen LogP contribution in [0.15, 0.2) is 59.8 Å². The number of hydrogen-bond acceptors (Lipinski definition) is 4. The van der Waals surface area contributed by atoms with Crippen LogP contribution in [-0.2, 0) is 11.3 Å². The van der Waals surface area contributed by atoms with E-state index in [1.807, 2.05) is 34.6 Å². The van der Waals surface area contributed by atoms with Crippen LogP contribution < -0.4 is 0 Å². The predicted octanol–water partition coefficient (Wildman–Crippen LogP) is 4.80. The third kappa shape index (κ3) is 5.26. The van der Waals surface area contributed by atoms with Gasteiger partial charge in [0.1, 0.15) is 5.82 Å². The molecule has 0 atom stereocenters. The zero-order valence-corrected chi connectivity index (χ0v) is 18.5. The molecule has 5 nitrogen and oxygen atoms in total. The van der Waals surface area contributed by atoms with Crippen LogP contribution in [0.3, 0.4) is 0 Å². The summed E-state index contributed by atoms with van der Waals surface area (Å²) < 4.78 is 2.00. The molecule has 0 saturated heterocycles. The lowest BCUT2D eigenvalue weighted by molar-refractivity contribution is -0.133. The highest BCUT2D eigenvalue weighted by Crippen LogP contribution is 2.25. The number of carbonyl (C=O) groups excluding carboxylic acids is 1. The van der Waals surface area contributed by atoms with E-state index in [0.29, 0.717) is 12.3 Å². The number of amides is 1. The number of nitrogens with zero attached hydrogens (tertiary/aromatic N) is 4. The second-order valence-corrected chi connectivity index (χ2v) is 9.07. The minimum Gasteiger partial charge on any atom is -0.333 e. The first-order valence-corrected chi connectivity index (χ1v) is 10.7. The lowest BCUT2D eigenvalue weighted by Crippen LogP contribution is -2.45. The molecule has 0 fully saturated rings. The van der Waals surface area contributed by atoms with Crippen molar-refractivity contribution in [1.82, 2.24) is 19.7 Å². The number of thioether (sulfide) groups is 1. The fourth-order valence-electron chi connectivity index (χ4n) is 3.10. The van der Waals surface area contributed by atoms with Crippen LogP contribution in [0.2, 0.25) is 0 Å². The third-order valence-corrected chi connectivity index (χ3v) is 5.62. The van der Waals surface area contributed by atoms with Crippen LogP contribution in [-0.4, -0.2) is 36.9 Å². The summed E-state index contributed by atoms with van der Waals surface area (Å²) in [4.78, 5) is 15.0. The van der Waals surface area contributed by atoms with Gasteiger partial charge in [-0.3, -0.25) is 9.36 Å². The van der Waals surface area contributed by atoms with Gasteiger partial charge in [-0.1, -0.05) is 59.8 Å². The van der Waals surface area contributed by atoms with Crippen LogP contribution in [0, 0.1) is 13.8 Å². The number of aromatic nitrogens is 3. The minimum atomic E-state index is -0.270. The molecule has 0 spiro atoms. The molecule has 0 N–H and O–H groups in total. The van der Waals surface area contributed by atoms with Crippen LogP contribution in [0.5, 0.6) is 0 Å². The van der Waals surface area contributed by atoms with E-state index in [2.05, 4.69) is 74.3 Å². The normalized spacial score (nSPS) is 11.5. The number of hydrogen-bond donors (Lipinski definition) is 0. The Morgan fingerprint density at radius 1 is 1.00 bits per heavy atom. The molecule has 29 heavy (non-hydrogen) atoms. The summed E-state index contributed by atoms with van der Waals surface area (Å²) in [5.41, 5.74) is 3.06. The molecule has 0 aliphatic heterocycles. The van der Waals surface area contributed by atoms with Gasteiger partial charge in [-0.15, -0.1) is 10.2 Å². The molecule has 0 radical (unpaired) electrons. The Labute approximate surface area is 177 Å². The highest BCUT2D eigenvalue weighted by Gasteiger charge is 2.27. The molecular weight excluding hydrogens is 380 g/mol. The summed E-state index contributed by atoms with van der Waals surface area (Å²) in [6.07, 6.45) is 0. The first-order valence-electron chi connectivity index (χ1n) is 9.72. The summed E-state index contributed by atoms with van der Waals surface area (Å²) >= 11 is 1.43. The third-order valence-electron chi connectivity index (χ3n) is 4.71. The van der Waals surface area contributed by atoms with E-state index < -0.39 is 0 Å². The molecule has 0 saturated carbocycles. The highest BCUT2D eigenvalue weighted by molar-refractivity contribution is 7.99. The van der Waals surface area contributed by atoms with Gasteiger partial charge in [-0.05, 0) is 52.3 Å². The first kappa shape index (κ1) is 21.1. The van der Waals surface area contributed by atoms with Crippen LogP contribution in [0.4, 0.5) is 0 Å². The Morgan fingerprint density at radius 2 is 1.66 bits per heavy atom. The van der Waals surface area contributed by atoms with Crippen LogP contribution in [0.1, 0.15) is 37.7 Å². The van der Waals surface area contributed by atoms with Gasteiger partial charge in [-0.2, -0.15) is 0 Å². The molecule has 2 aromatic carbocycles. The zero-order chi connectivity index (χ0) is 21.0. The van der Waals surface area contributed by atoms with E-state index in [1.54, 1.807) is 0 Å². The first-order chi connectivity index (χ1) is 13.8. The summed E-state index contributed by atoms with van der Waals surface area (Å²) in [7, 11) is 0. The zero-order valence-electron chi connectivity index (χ0n) is 17.7. The number of rotatable bonds is 6. The van der Waals surface area contributed by atoms with Gasteiger partial charge in [0.15, 0.2) is 5.16 Å². The van der Waals surface area contributed by atoms with E-state index in [-0.39, 0.29) is 11.4 Å². The molecular formula is C23H28N4OS. The van der Waals surface area contributed by atoms with Gasteiger partial charge in [0.05, 0.1) is 5.75 Å². The molecule has 0 unspecified atom stereocenters. The lowest BCUT2D eigenvalue weighted by Gasteiger charge is -2.36. The smallest absolute Gasteiger partial charge is 0.233 e. The molecule has 6 heteroatoms.